The van der Waals surface area contributed by atoms with E-state index in [0.717, 1.165) is 19.4 Å². The highest BCUT2D eigenvalue weighted by Crippen LogP contribution is 2.19. The van der Waals surface area contributed by atoms with Crippen LogP contribution >= 0.6 is 0 Å². The van der Waals surface area contributed by atoms with Crippen LogP contribution in [0.5, 0.6) is 0 Å². The molecule has 0 unspecified atom stereocenters. The Morgan fingerprint density at radius 1 is 1.40 bits per heavy atom. The van der Waals surface area contributed by atoms with Crippen LogP contribution < -0.4 is 5.32 Å². The van der Waals surface area contributed by atoms with E-state index in [0.29, 0.717) is 12.6 Å². The number of para-hydroxylation sites is 1. The molecule has 112 valence electrons. The number of carboxylic acids is 1. The van der Waals surface area contributed by atoms with Gasteiger partial charge in [0.1, 0.15) is 5.82 Å². The molecule has 0 spiro atoms. The molecule has 1 aromatic carbocycles. The second-order valence-corrected chi connectivity index (χ2v) is 5.18. The van der Waals surface area contributed by atoms with E-state index >= 15 is 0 Å². The summed E-state index contributed by atoms with van der Waals surface area (Å²) in [6, 6.07) is 4.58. The van der Waals surface area contributed by atoms with Crippen molar-refractivity contribution < 1.29 is 14.3 Å². The Labute approximate surface area is 119 Å². The number of hydrogen-bond donors (Lipinski definition) is 2. The van der Waals surface area contributed by atoms with Gasteiger partial charge in [-0.05, 0) is 52.4 Å². The standard InChI is InChI=1S/C15H23FN2O2/c1-11(2)18(3)10-5-4-9-17-14-12(15(19)20)7-6-8-13(14)16/h6-8,11,17H,4-5,9-10H2,1-3H3,(H,19,20). The minimum Gasteiger partial charge on any atom is -0.478 e. The lowest BCUT2D eigenvalue weighted by atomic mass is 10.1. The summed E-state index contributed by atoms with van der Waals surface area (Å²) < 4.78 is 13.6. The number of unbranched alkanes of at least 4 members (excludes halogenated alkanes) is 1. The first kappa shape index (κ1) is 16.4. The average Bonchev–Trinajstić information content (AvgIpc) is 2.39. The van der Waals surface area contributed by atoms with Crippen LogP contribution in [-0.2, 0) is 0 Å². The first-order valence-electron chi connectivity index (χ1n) is 6.89. The van der Waals surface area contributed by atoms with Gasteiger partial charge in [0, 0.05) is 12.6 Å². The fraction of sp³-hybridized carbons (Fsp3) is 0.533. The van der Waals surface area contributed by atoms with Gasteiger partial charge in [0.2, 0.25) is 0 Å². The summed E-state index contributed by atoms with van der Waals surface area (Å²) in [6.07, 6.45) is 1.85. The monoisotopic (exact) mass is 282 g/mol. The minimum atomic E-state index is -1.12. The predicted molar refractivity (Wildman–Crippen MR) is 78.8 cm³/mol. The van der Waals surface area contributed by atoms with Crippen molar-refractivity contribution in [2.75, 3.05) is 25.5 Å². The molecule has 2 N–H and O–H groups in total. The number of nitrogens with zero attached hydrogens (tertiary/aromatic N) is 1. The van der Waals surface area contributed by atoms with E-state index in [2.05, 4.69) is 31.1 Å². The maximum atomic E-state index is 13.6. The lowest BCUT2D eigenvalue weighted by Crippen LogP contribution is -2.27. The van der Waals surface area contributed by atoms with Crippen molar-refractivity contribution in [2.24, 2.45) is 0 Å². The summed E-state index contributed by atoms with van der Waals surface area (Å²) in [5, 5.41) is 11.9. The summed E-state index contributed by atoms with van der Waals surface area (Å²) in [5.74, 6) is -1.64. The molecule has 0 aromatic heterocycles. The highest BCUT2D eigenvalue weighted by atomic mass is 19.1. The van der Waals surface area contributed by atoms with Gasteiger partial charge in [-0.15, -0.1) is 0 Å². The van der Waals surface area contributed by atoms with Crippen LogP contribution in [0, 0.1) is 5.82 Å². The highest BCUT2D eigenvalue weighted by molar-refractivity contribution is 5.94. The lowest BCUT2D eigenvalue weighted by molar-refractivity contribution is 0.0697. The van der Waals surface area contributed by atoms with Crippen LogP contribution in [-0.4, -0.2) is 42.2 Å². The number of benzene rings is 1. The summed E-state index contributed by atoms with van der Waals surface area (Å²) in [4.78, 5) is 13.3. The van der Waals surface area contributed by atoms with Gasteiger partial charge < -0.3 is 15.3 Å². The maximum Gasteiger partial charge on any atom is 0.337 e. The number of halogens is 1. The van der Waals surface area contributed by atoms with E-state index in [1.165, 1.54) is 18.2 Å². The summed E-state index contributed by atoms with van der Waals surface area (Å²) in [6.45, 7) is 5.81. The largest absolute Gasteiger partial charge is 0.478 e. The maximum absolute atomic E-state index is 13.6. The number of rotatable bonds is 8. The van der Waals surface area contributed by atoms with E-state index in [9.17, 15) is 9.18 Å². The Morgan fingerprint density at radius 3 is 2.70 bits per heavy atom. The quantitative estimate of drug-likeness (QED) is 0.720. The van der Waals surface area contributed by atoms with Crippen molar-refractivity contribution in [1.82, 2.24) is 4.90 Å². The molecule has 0 heterocycles. The van der Waals surface area contributed by atoms with E-state index in [4.69, 9.17) is 5.11 Å². The molecule has 0 saturated carbocycles. The Balaban J connectivity index is 2.45. The molecule has 1 rings (SSSR count). The first-order chi connectivity index (χ1) is 9.43. The zero-order valence-corrected chi connectivity index (χ0v) is 12.3. The normalized spacial score (nSPS) is 11.1. The predicted octanol–water partition coefficient (Wildman–Crippen LogP) is 3.06. The summed E-state index contributed by atoms with van der Waals surface area (Å²) >= 11 is 0. The SMILES string of the molecule is CC(C)N(C)CCCCNc1c(F)cccc1C(=O)O. The fourth-order valence-electron chi connectivity index (χ4n) is 1.84. The topological polar surface area (TPSA) is 52.6 Å². The van der Waals surface area contributed by atoms with Crippen LogP contribution in [0.2, 0.25) is 0 Å². The Hall–Kier alpha value is -1.62. The third kappa shape index (κ3) is 4.81. The first-order valence-corrected chi connectivity index (χ1v) is 6.89. The molecule has 1 aromatic rings. The Bertz CT molecular complexity index is 449. The van der Waals surface area contributed by atoms with E-state index in [1.54, 1.807) is 0 Å². The van der Waals surface area contributed by atoms with Crippen LogP contribution in [0.1, 0.15) is 37.0 Å². The molecule has 0 aliphatic rings. The molecule has 0 amide bonds. The van der Waals surface area contributed by atoms with E-state index < -0.39 is 11.8 Å². The minimum absolute atomic E-state index is 0.0238. The van der Waals surface area contributed by atoms with E-state index in [-0.39, 0.29) is 11.3 Å². The lowest BCUT2D eigenvalue weighted by Gasteiger charge is -2.20. The van der Waals surface area contributed by atoms with Crippen LogP contribution in [0.15, 0.2) is 18.2 Å². The zero-order chi connectivity index (χ0) is 15.1. The van der Waals surface area contributed by atoms with Crippen molar-refractivity contribution in [3.63, 3.8) is 0 Å². The Morgan fingerprint density at radius 2 is 2.10 bits per heavy atom. The second-order valence-electron chi connectivity index (χ2n) is 5.18. The number of carbonyl (C=O) groups is 1. The van der Waals surface area contributed by atoms with Gasteiger partial charge in [0.05, 0.1) is 11.3 Å². The third-order valence-electron chi connectivity index (χ3n) is 3.36. The van der Waals surface area contributed by atoms with E-state index in [1.807, 2.05) is 0 Å². The Kier molecular flexibility index (Phi) is 6.45. The molecular weight excluding hydrogens is 259 g/mol. The van der Waals surface area contributed by atoms with Crippen LogP contribution in [0.25, 0.3) is 0 Å². The van der Waals surface area contributed by atoms with Crippen LogP contribution in [0.3, 0.4) is 0 Å². The van der Waals surface area contributed by atoms with Crippen molar-refractivity contribution >= 4 is 11.7 Å². The van der Waals surface area contributed by atoms with Crippen molar-refractivity contribution in [2.45, 2.75) is 32.7 Å². The number of aromatic carboxylic acids is 1. The molecule has 0 radical (unpaired) electrons. The van der Waals surface area contributed by atoms with Gasteiger partial charge >= 0.3 is 5.97 Å². The second kappa shape index (κ2) is 7.85. The van der Waals surface area contributed by atoms with Gasteiger partial charge in [0.15, 0.2) is 0 Å². The number of anilines is 1. The van der Waals surface area contributed by atoms with Crippen LogP contribution in [0.4, 0.5) is 10.1 Å². The number of nitrogens with one attached hydrogen (secondary N) is 1. The molecule has 0 aliphatic heterocycles. The molecule has 20 heavy (non-hydrogen) atoms. The number of carboxylic acid groups (broad SMARTS) is 1. The molecule has 0 atom stereocenters. The van der Waals surface area contributed by atoms with Crippen molar-refractivity contribution in [1.29, 1.82) is 0 Å². The van der Waals surface area contributed by atoms with Crippen molar-refractivity contribution in [3.05, 3.63) is 29.6 Å². The highest BCUT2D eigenvalue weighted by Gasteiger charge is 2.13. The van der Waals surface area contributed by atoms with Gasteiger partial charge in [-0.2, -0.15) is 0 Å². The summed E-state index contributed by atoms with van der Waals surface area (Å²) in [7, 11) is 2.07. The molecule has 0 fully saturated rings. The van der Waals surface area contributed by atoms with Gasteiger partial charge in [-0.3, -0.25) is 0 Å². The van der Waals surface area contributed by atoms with Gasteiger partial charge in [-0.1, -0.05) is 6.07 Å². The van der Waals surface area contributed by atoms with Gasteiger partial charge in [-0.25, -0.2) is 9.18 Å². The molecule has 0 bridgehead atoms. The van der Waals surface area contributed by atoms with Crippen molar-refractivity contribution in [3.8, 4) is 0 Å². The molecule has 5 heteroatoms. The number of hydrogen-bond acceptors (Lipinski definition) is 3. The third-order valence-corrected chi connectivity index (χ3v) is 3.36. The molecule has 0 saturated heterocycles. The molecule has 4 nitrogen and oxygen atoms in total. The zero-order valence-electron chi connectivity index (χ0n) is 12.3. The van der Waals surface area contributed by atoms with Gasteiger partial charge in [0.25, 0.3) is 0 Å². The smallest absolute Gasteiger partial charge is 0.337 e. The molecule has 0 aliphatic carbocycles. The average molecular weight is 282 g/mol. The fourth-order valence-corrected chi connectivity index (χ4v) is 1.84. The summed E-state index contributed by atoms with van der Waals surface area (Å²) in [5.41, 5.74) is 0.0570. The molecular formula is C15H23FN2O2.